The molecule has 1 heterocycles. The minimum Gasteiger partial charge on any atom is -0.462 e. The van der Waals surface area contributed by atoms with Crippen LogP contribution in [0.2, 0.25) is 0 Å². The summed E-state index contributed by atoms with van der Waals surface area (Å²) < 4.78 is 42.4. The van der Waals surface area contributed by atoms with Crippen molar-refractivity contribution in [1.29, 1.82) is 0 Å². The average Bonchev–Trinajstić information content (AvgIpc) is 3.04. The lowest BCUT2D eigenvalue weighted by molar-refractivity contribution is -0.138. The van der Waals surface area contributed by atoms with Gasteiger partial charge in [-0.1, -0.05) is 17.7 Å². The second-order valence-corrected chi connectivity index (χ2v) is 8.93. The number of hydrogen-bond acceptors (Lipinski definition) is 6. The third-order valence-electron chi connectivity index (χ3n) is 4.91. The van der Waals surface area contributed by atoms with Crippen molar-refractivity contribution in [1.82, 2.24) is 4.90 Å². The minimum atomic E-state index is -4.33. The highest BCUT2D eigenvalue weighted by atomic mass is 32.1. The number of aryl methyl sites for hydroxylation is 2. The third kappa shape index (κ3) is 7.56. The number of amides is 2. The van der Waals surface area contributed by atoms with Crippen LogP contribution in [0.4, 0.5) is 23.9 Å². The van der Waals surface area contributed by atoms with Crippen LogP contribution in [0.5, 0.6) is 0 Å². The molecule has 0 radical (unpaired) electrons. The van der Waals surface area contributed by atoms with Crippen molar-refractivity contribution in [2.45, 2.75) is 40.3 Å². The Morgan fingerprint density at radius 1 is 1.12 bits per heavy atom. The summed E-state index contributed by atoms with van der Waals surface area (Å²) in [5, 5.41) is 5.47. The summed E-state index contributed by atoms with van der Waals surface area (Å²) in [4.78, 5) is 39.4. The first-order valence-corrected chi connectivity index (χ1v) is 11.4. The average molecular weight is 500 g/mol. The summed E-state index contributed by atoms with van der Waals surface area (Å²) in [6, 6.07) is 5.55. The highest BCUT2D eigenvalue weighted by Crippen LogP contribution is 2.34. The lowest BCUT2D eigenvalue weighted by Crippen LogP contribution is -2.32. The van der Waals surface area contributed by atoms with E-state index in [0.29, 0.717) is 11.3 Å². The highest BCUT2D eigenvalue weighted by Gasteiger charge is 2.29. The Kier molecular flexibility index (Phi) is 9.22. The molecule has 2 amide bonds. The monoisotopic (exact) mass is 499 g/mol. The fourth-order valence-electron chi connectivity index (χ4n) is 3.21. The number of likely N-dealkylation sites (N-methyl/N-ethyl adjacent to an activating group) is 1. The van der Waals surface area contributed by atoms with Crippen LogP contribution in [0.15, 0.2) is 18.2 Å². The van der Waals surface area contributed by atoms with Gasteiger partial charge in [0.25, 0.3) is 5.91 Å². The maximum atomic E-state index is 13.0. The standard InChI is InChI=1S/C23H28F3N3O4S/c1-6-33-22(32)18-15(4)19(20(31)27-16-8-7-13(2)11-14(16)3)34-21(18)28-17(30)12-29(5)10-9-23(24,25)26/h7-8,11H,6,9-10,12H2,1-5H3,(H,27,31)(H,28,30). The largest absolute Gasteiger partial charge is 0.462 e. The second-order valence-electron chi connectivity index (χ2n) is 7.90. The molecule has 0 fully saturated rings. The molecule has 186 valence electrons. The molecule has 0 saturated heterocycles. The van der Waals surface area contributed by atoms with E-state index in [9.17, 15) is 27.6 Å². The van der Waals surface area contributed by atoms with E-state index in [1.165, 1.54) is 11.9 Å². The van der Waals surface area contributed by atoms with Crippen LogP contribution in [0.1, 0.15) is 50.1 Å². The molecule has 34 heavy (non-hydrogen) atoms. The Morgan fingerprint density at radius 2 is 1.79 bits per heavy atom. The molecule has 0 unspecified atom stereocenters. The summed E-state index contributed by atoms with van der Waals surface area (Å²) in [5.41, 5.74) is 2.90. The van der Waals surface area contributed by atoms with Gasteiger partial charge in [0.1, 0.15) is 5.00 Å². The van der Waals surface area contributed by atoms with Crippen molar-refractivity contribution in [2.75, 3.05) is 37.4 Å². The molecule has 2 N–H and O–H groups in total. The molecule has 11 heteroatoms. The maximum Gasteiger partial charge on any atom is 0.390 e. The minimum absolute atomic E-state index is 0.0453. The van der Waals surface area contributed by atoms with Crippen LogP contribution in [0.3, 0.4) is 0 Å². The van der Waals surface area contributed by atoms with Gasteiger partial charge in [0.15, 0.2) is 0 Å². The molecule has 0 aliphatic heterocycles. The summed E-state index contributed by atoms with van der Waals surface area (Å²) in [5.74, 6) is -1.77. The first-order valence-electron chi connectivity index (χ1n) is 10.6. The van der Waals surface area contributed by atoms with E-state index in [0.717, 1.165) is 22.5 Å². The van der Waals surface area contributed by atoms with Gasteiger partial charge in [0.05, 0.1) is 30.0 Å². The van der Waals surface area contributed by atoms with Gasteiger partial charge >= 0.3 is 12.1 Å². The van der Waals surface area contributed by atoms with Crippen molar-refractivity contribution in [2.24, 2.45) is 0 Å². The number of alkyl halides is 3. The number of rotatable bonds is 9. The lowest BCUT2D eigenvalue weighted by atomic mass is 10.1. The van der Waals surface area contributed by atoms with Gasteiger partial charge in [-0.2, -0.15) is 13.2 Å². The fraction of sp³-hybridized carbons (Fsp3) is 0.435. The van der Waals surface area contributed by atoms with Gasteiger partial charge in [-0.05, 0) is 51.9 Å². The Bertz CT molecular complexity index is 1070. The third-order valence-corrected chi connectivity index (χ3v) is 6.11. The van der Waals surface area contributed by atoms with Crippen molar-refractivity contribution in [3.05, 3.63) is 45.3 Å². The number of thiophene rings is 1. The second kappa shape index (κ2) is 11.5. The Labute approximate surface area is 200 Å². The number of esters is 1. The summed E-state index contributed by atoms with van der Waals surface area (Å²) in [6.45, 7) is 6.41. The van der Waals surface area contributed by atoms with E-state index < -0.39 is 30.4 Å². The topological polar surface area (TPSA) is 87.7 Å². The molecule has 1 aromatic carbocycles. The molecule has 0 aliphatic rings. The molecule has 0 aliphatic carbocycles. The molecule has 0 atom stereocenters. The number of ether oxygens (including phenoxy) is 1. The van der Waals surface area contributed by atoms with Gasteiger partial charge in [0, 0.05) is 12.2 Å². The molecule has 1 aromatic heterocycles. The van der Waals surface area contributed by atoms with Crippen LogP contribution >= 0.6 is 11.3 Å². The van der Waals surface area contributed by atoms with E-state index in [1.54, 1.807) is 19.9 Å². The Balaban J connectivity index is 2.25. The SMILES string of the molecule is CCOC(=O)c1c(NC(=O)CN(C)CCC(F)(F)F)sc(C(=O)Nc2ccc(C)cc2C)c1C. The Morgan fingerprint density at radius 3 is 2.38 bits per heavy atom. The van der Waals surface area contributed by atoms with E-state index in [2.05, 4.69) is 10.6 Å². The number of benzene rings is 1. The number of anilines is 2. The molecular formula is C23H28F3N3O4S. The van der Waals surface area contributed by atoms with E-state index in [-0.39, 0.29) is 35.1 Å². The highest BCUT2D eigenvalue weighted by molar-refractivity contribution is 7.19. The van der Waals surface area contributed by atoms with Gasteiger partial charge in [0.2, 0.25) is 5.91 Å². The number of carbonyl (C=O) groups excluding carboxylic acids is 3. The molecule has 0 saturated carbocycles. The smallest absolute Gasteiger partial charge is 0.390 e. The fourth-order valence-corrected chi connectivity index (χ4v) is 4.31. The van der Waals surface area contributed by atoms with E-state index >= 15 is 0 Å². The maximum absolute atomic E-state index is 13.0. The van der Waals surface area contributed by atoms with Gasteiger partial charge in [-0.15, -0.1) is 11.3 Å². The van der Waals surface area contributed by atoms with Gasteiger partial charge in [-0.3, -0.25) is 14.5 Å². The predicted octanol–water partition coefficient (Wildman–Crippen LogP) is 4.93. The van der Waals surface area contributed by atoms with Crippen LogP contribution in [-0.2, 0) is 9.53 Å². The van der Waals surface area contributed by atoms with Gasteiger partial charge < -0.3 is 15.4 Å². The van der Waals surface area contributed by atoms with Crippen LogP contribution in [0.25, 0.3) is 0 Å². The van der Waals surface area contributed by atoms with Crippen LogP contribution < -0.4 is 10.6 Å². The summed E-state index contributed by atoms with van der Waals surface area (Å²) in [6.07, 6.45) is -5.38. The quantitative estimate of drug-likeness (QED) is 0.478. The van der Waals surface area contributed by atoms with Crippen molar-refractivity contribution in [3.8, 4) is 0 Å². The molecule has 7 nitrogen and oxygen atoms in total. The predicted molar refractivity (Wildman–Crippen MR) is 126 cm³/mol. The zero-order chi connectivity index (χ0) is 25.6. The molecular weight excluding hydrogens is 471 g/mol. The van der Waals surface area contributed by atoms with Crippen molar-refractivity contribution < 1.29 is 32.3 Å². The zero-order valence-electron chi connectivity index (χ0n) is 19.7. The Hall–Kier alpha value is -2.92. The van der Waals surface area contributed by atoms with E-state index in [1.807, 2.05) is 26.0 Å². The number of hydrogen-bond donors (Lipinski definition) is 2. The number of carbonyl (C=O) groups is 3. The van der Waals surface area contributed by atoms with Crippen molar-refractivity contribution >= 4 is 39.8 Å². The molecule has 2 aromatic rings. The zero-order valence-corrected chi connectivity index (χ0v) is 20.5. The van der Waals surface area contributed by atoms with Gasteiger partial charge in [-0.25, -0.2) is 4.79 Å². The van der Waals surface area contributed by atoms with Crippen LogP contribution in [0, 0.1) is 20.8 Å². The summed E-state index contributed by atoms with van der Waals surface area (Å²) >= 11 is 0.906. The molecule has 2 rings (SSSR count). The summed E-state index contributed by atoms with van der Waals surface area (Å²) in [7, 11) is 1.39. The number of nitrogens with zero attached hydrogens (tertiary/aromatic N) is 1. The molecule has 0 bridgehead atoms. The van der Waals surface area contributed by atoms with E-state index in [4.69, 9.17) is 4.74 Å². The first-order chi connectivity index (χ1) is 15.8. The number of nitrogens with one attached hydrogen (secondary N) is 2. The number of halogens is 3. The van der Waals surface area contributed by atoms with Crippen molar-refractivity contribution in [3.63, 3.8) is 0 Å². The normalized spacial score (nSPS) is 11.4. The molecule has 0 spiro atoms. The lowest BCUT2D eigenvalue weighted by Gasteiger charge is -2.17. The first kappa shape index (κ1) is 27.3. The van der Waals surface area contributed by atoms with Crippen LogP contribution in [-0.4, -0.2) is 55.6 Å².